The number of benzene rings is 2. The van der Waals surface area contributed by atoms with Crippen LogP contribution in [0.15, 0.2) is 51.7 Å². The van der Waals surface area contributed by atoms with Gasteiger partial charge in [-0.1, -0.05) is 12.1 Å². The van der Waals surface area contributed by atoms with E-state index in [1.807, 2.05) is 0 Å². The topological polar surface area (TPSA) is 102 Å². The van der Waals surface area contributed by atoms with Crippen molar-refractivity contribution in [3.8, 4) is 0 Å². The van der Waals surface area contributed by atoms with Gasteiger partial charge >= 0.3 is 0 Å². The summed E-state index contributed by atoms with van der Waals surface area (Å²) in [6, 6.07) is 11.4. The third kappa shape index (κ3) is 2.42. The molecule has 0 fully saturated rings. The number of hydrogen-bond donors (Lipinski definition) is 2. The van der Waals surface area contributed by atoms with Crippen LogP contribution in [-0.2, 0) is 4.79 Å². The van der Waals surface area contributed by atoms with E-state index in [1.165, 1.54) is 12.1 Å². The molecule has 0 saturated heterocycles. The molecule has 0 saturated carbocycles. The van der Waals surface area contributed by atoms with Gasteiger partial charge in [0.25, 0.3) is 5.91 Å². The summed E-state index contributed by atoms with van der Waals surface area (Å²) < 4.78 is 5.65. The maximum Gasteiger partial charge on any atom is 0.251 e. The van der Waals surface area contributed by atoms with Crippen LogP contribution in [0, 0.1) is 0 Å². The molecule has 6 heteroatoms. The molecular weight excluding hydrogens is 284 g/mol. The minimum atomic E-state index is -0.639. The summed E-state index contributed by atoms with van der Waals surface area (Å²) in [6.07, 6.45) is 0. The van der Waals surface area contributed by atoms with E-state index in [0.717, 1.165) is 0 Å². The second-order valence-electron chi connectivity index (χ2n) is 4.79. The van der Waals surface area contributed by atoms with Crippen molar-refractivity contribution in [1.82, 2.24) is 5.32 Å². The standard InChI is InChI=1S/C16H12N2O4/c17-14(19)8-18-16(21)9-5-6-13-11(7-9)15(20)10-3-1-2-4-12(10)22-13/h1-7H,8H2,(H2,17,19)(H,18,21). The summed E-state index contributed by atoms with van der Waals surface area (Å²) in [5, 5.41) is 3.13. The Hall–Kier alpha value is -3.15. The van der Waals surface area contributed by atoms with Crippen molar-refractivity contribution in [2.75, 3.05) is 6.54 Å². The summed E-state index contributed by atoms with van der Waals surface area (Å²) in [6.45, 7) is -0.261. The minimum absolute atomic E-state index is 0.207. The Kier molecular flexibility index (Phi) is 3.34. The zero-order valence-corrected chi connectivity index (χ0v) is 11.5. The molecule has 0 radical (unpaired) electrons. The van der Waals surface area contributed by atoms with Crippen LogP contribution in [-0.4, -0.2) is 18.4 Å². The number of carbonyl (C=O) groups is 2. The lowest BCUT2D eigenvalue weighted by Gasteiger charge is -2.05. The number of nitrogens with one attached hydrogen (secondary N) is 1. The third-order valence-corrected chi connectivity index (χ3v) is 3.26. The number of amides is 2. The highest BCUT2D eigenvalue weighted by Crippen LogP contribution is 2.19. The molecule has 0 unspecified atom stereocenters. The maximum atomic E-state index is 12.5. The molecule has 0 bridgehead atoms. The molecule has 2 aromatic carbocycles. The predicted molar refractivity (Wildman–Crippen MR) is 81.5 cm³/mol. The van der Waals surface area contributed by atoms with Gasteiger partial charge in [-0.3, -0.25) is 14.4 Å². The van der Waals surface area contributed by atoms with Crippen LogP contribution in [0.3, 0.4) is 0 Å². The van der Waals surface area contributed by atoms with Crippen molar-refractivity contribution in [3.63, 3.8) is 0 Å². The first kappa shape index (κ1) is 13.8. The van der Waals surface area contributed by atoms with Gasteiger partial charge in [0.05, 0.1) is 17.3 Å². The zero-order valence-electron chi connectivity index (χ0n) is 11.5. The van der Waals surface area contributed by atoms with Gasteiger partial charge in [0.1, 0.15) is 11.2 Å². The first-order valence-electron chi connectivity index (χ1n) is 6.58. The Bertz CT molecular complexity index is 959. The highest BCUT2D eigenvalue weighted by molar-refractivity contribution is 6.00. The van der Waals surface area contributed by atoms with Gasteiger partial charge in [-0.05, 0) is 30.3 Å². The predicted octanol–water partition coefficient (Wildman–Crippen LogP) is 1.16. The monoisotopic (exact) mass is 296 g/mol. The van der Waals surface area contributed by atoms with Crippen molar-refractivity contribution >= 4 is 33.8 Å². The fraction of sp³-hybridized carbons (Fsp3) is 0.0625. The molecule has 1 aromatic heterocycles. The van der Waals surface area contributed by atoms with Crippen molar-refractivity contribution in [1.29, 1.82) is 0 Å². The van der Waals surface area contributed by atoms with E-state index in [1.54, 1.807) is 30.3 Å². The van der Waals surface area contributed by atoms with Crippen molar-refractivity contribution in [3.05, 3.63) is 58.3 Å². The number of fused-ring (bicyclic) bond motifs is 2. The van der Waals surface area contributed by atoms with Gasteiger partial charge in [0.2, 0.25) is 11.3 Å². The average molecular weight is 296 g/mol. The van der Waals surface area contributed by atoms with E-state index >= 15 is 0 Å². The molecule has 0 spiro atoms. The van der Waals surface area contributed by atoms with E-state index in [-0.39, 0.29) is 17.5 Å². The number of hydrogen-bond acceptors (Lipinski definition) is 4. The number of carbonyl (C=O) groups excluding carboxylic acids is 2. The van der Waals surface area contributed by atoms with Crippen molar-refractivity contribution < 1.29 is 14.0 Å². The quantitative estimate of drug-likeness (QED) is 0.708. The summed E-state index contributed by atoms with van der Waals surface area (Å²) in [5.41, 5.74) is 5.92. The third-order valence-electron chi connectivity index (χ3n) is 3.26. The Morgan fingerprint density at radius 2 is 1.77 bits per heavy atom. The fourth-order valence-electron chi connectivity index (χ4n) is 2.21. The number of para-hydroxylation sites is 1. The summed E-state index contributed by atoms with van der Waals surface area (Å²) >= 11 is 0. The second kappa shape index (κ2) is 5.33. The lowest BCUT2D eigenvalue weighted by Crippen LogP contribution is -2.33. The summed E-state index contributed by atoms with van der Waals surface area (Å²) in [7, 11) is 0. The highest BCUT2D eigenvalue weighted by atomic mass is 16.3. The van der Waals surface area contributed by atoms with E-state index < -0.39 is 11.8 Å². The normalized spacial score (nSPS) is 10.7. The lowest BCUT2D eigenvalue weighted by atomic mass is 10.1. The first-order chi connectivity index (χ1) is 10.6. The highest BCUT2D eigenvalue weighted by Gasteiger charge is 2.11. The van der Waals surface area contributed by atoms with Crippen LogP contribution >= 0.6 is 0 Å². The zero-order chi connectivity index (χ0) is 15.7. The molecular formula is C16H12N2O4. The van der Waals surface area contributed by atoms with Crippen LogP contribution in [0.4, 0.5) is 0 Å². The van der Waals surface area contributed by atoms with Gasteiger partial charge in [-0.2, -0.15) is 0 Å². The van der Waals surface area contributed by atoms with Crippen LogP contribution in [0.2, 0.25) is 0 Å². The van der Waals surface area contributed by atoms with Crippen LogP contribution in [0.5, 0.6) is 0 Å². The molecule has 22 heavy (non-hydrogen) atoms. The Balaban J connectivity index is 2.11. The second-order valence-corrected chi connectivity index (χ2v) is 4.79. The Morgan fingerprint density at radius 3 is 2.55 bits per heavy atom. The van der Waals surface area contributed by atoms with Crippen molar-refractivity contribution in [2.24, 2.45) is 5.73 Å². The molecule has 1 heterocycles. The van der Waals surface area contributed by atoms with E-state index in [2.05, 4.69) is 5.32 Å². The molecule has 6 nitrogen and oxygen atoms in total. The van der Waals surface area contributed by atoms with Gasteiger partial charge in [0, 0.05) is 5.56 Å². The number of nitrogens with two attached hydrogens (primary N) is 1. The fourth-order valence-corrected chi connectivity index (χ4v) is 2.21. The lowest BCUT2D eigenvalue weighted by molar-refractivity contribution is -0.117. The minimum Gasteiger partial charge on any atom is -0.456 e. The molecule has 3 N–H and O–H groups in total. The van der Waals surface area contributed by atoms with Gasteiger partial charge < -0.3 is 15.5 Å². The summed E-state index contributed by atoms with van der Waals surface area (Å²) in [4.78, 5) is 35.1. The van der Waals surface area contributed by atoms with Crippen LogP contribution in [0.1, 0.15) is 10.4 Å². The van der Waals surface area contributed by atoms with Crippen LogP contribution in [0.25, 0.3) is 21.9 Å². The molecule has 2 amide bonds. The first-order valence-corrected chi connectivity index (χ1v) is 6.58. The molecule has 0 aliphatic carbocycles. The molecule has 0 aliphatic heterocycles. The average Bonchev–Trinajstić information content (AvgIpc) is 2.52. The molecule has 0 aliphatic rings. The molecule has 3 rings (SSSR count). The van der Waals surface area contributed by atoms with E-state index in [4.69, 9.17) is 10.2 Å². The largest absolute Gasteiger partial charge is 0.456 e. The maximum absolute atomic E-state index is 12.5. The van der Waals surface area contributed by atoms with E-state index in [0.29, 0.717) is 21.9 Å². The van der Waals surface area contributed by atoms with Gasteiger partial charge in [-0.25, -0.2) is 0 Å². The van der Waals surface area contributed by atoms with Crippen molar-refractivity contribution in [2.45, 2.75) is 0 Å². The number of rotatable bonds is 3. The smallest absolute Gasteiger partial charge is 0.251 e. The SMILES string of the molecule is NC(=O)CNC(=O)c1ccc2oc3ccccc3c(=O)c2c1. The molecule has 0 atom stereocenters. The van der Waals surface area contributed by atoms with Crippen LogP contribution < -0.4 is 16.5 Å². The summed E-state index contributed by atoms with van der Waals surface area (Å²) in [5.74, 6) is -1.12. The Labute approximate surface area is 124 Å². The number of primary amides is 1. The molecule has 3 aromatic rings. The van der Waals surface area contributed by atoms with Gasteiger partial charge in [-0.15, -0.1) is 0 Å². The van der Waals surface area contributed by atoms with Gasteiger partial charge in [0.15, 0.2) is 0 Å². The Morgan fingerprint density at radius 1 is 1.05 bits per heavy atom. The molecule has 110 valence electrons. The van der Waals surface area contributed by atoms with E-state index in [9.17, 15) is 14.4 Å².